The van der Waals surface area contributed by atoms with Gasteiger partial charge in [0.2, 0.25) is 10.0 Å². The number of aryl methyl sites for hydroxylation is 1. The Morgan fingerprint density at radius 1 is 1.24 bits per heavy atom. The molecule has 0 atom stereocenters. The fourth-order valence-corrected chi connectivity index (χ4v) is 3.45. The fourth-order valence-electron chi connectivity index (χ4n) is 1.86. The molecule has 0 amide bonds. The van der Waals surface area contributed by atoms with E-state index in [4.69, 9.17) is 5.73 Å². The van der Waals surface area contributed by atoms with Crippen LogP contribution in [0, 0.1) is 25.2 Å². The Kier molecular flexibility index (Phi) is 5.58. The van der Waals surface area contributed by atoms with E-state index < -0.39 is 10.0 Å². The second-order valence-corrected chi connectivity index (χ2v) is 8.44. The maximum absolute atomic E-state index is 12.6. The molecule has 1 aromatic carbocycles. The Bertz CT molecular complexity index is 605. The summed E-state index contributed by atoms with van der Waals surface area (Å²) in [5.74, 6) is 0.387. The fraction of sp³-hybridized carbons (Fsp3) is 0.625. The molecule has 3 N–H and O–H groups in total. The van der Waals surface area contributed by atoms with E-state index in [0.717, 1.165) is 16.7 Å². The molecule has 0 bridgehead atoms. The van der Waals surface area contributed by atoms with Crippen LogP contribution in [0.15, 0.2) is 17.0 Å². The number of nitrogens with two attached hydrogens (primary N) is 1. The molecule has 21 heavy (non-hydrogen) atoms. The summed E-state index contributed by atoms with van der Waals surface area (Å²) in [5, 5.41) is 0. The monoisotopic (exact) mass is 312 g/mol. The van der Waals surface area contributed by atoms with Crippen LogP contribution in [0.1, 0.15) is 44.4 Å². The van der Waals surface area contributed by atoms with Gasteiger partial charge in [-0.2, -0.15) is 0 Å². The maximum Gasteiger partial charge on any atom is 0.240 e. The number of sulfonamides is 1. The molecule has 0 aromatic heterocycles. The molecule has 4 nitrogen and oxygen atoms in total. The zero-order valence-corrected chi connectivity index (χ0v) is 14.8. The van der Waals surface area contributed by atoms with Crippen molar-refractivity contribution < 1.29 is 8.42 Å². The van der Waals surface area contributed by atoms with Crippen LogP contribution in [0.2, 0.25) is 0 Å². The molecule has 0 spiro atoms. The predicted molar refractivity (Wildman–Crippen MR) is 87.6 cm³/mol. The maximum atomic E-state index is 12.6. The Hall–Kier alpha value is -0.910. The van der Waals surface area contributed by atoms with E-state index in [1.165, 1.54) is 0 Å². The molecule has 0 radical (unpaired) electrons. The van der Waals surface area contributed by atoms with Crippen LogP contribution in [0.4, 0.5) is 0 Å². The topological polar surface area (TPSA) is 72.2 Å². The lowest BCUT2D eigenvalue weighted by Crippen LogP contribution is -2.37. The van der Waals surface area contributed by atoms with Gasteiger partial charge in [0.05, 0.1) is 4.90 Å². The second-order valence-electron chi connectivity index (χ2n) is 6.71. The van der Waals surface area contributed by atoms with Gasteiger partial charge in [0.15, 0.2) is 0 Å². The highest BCUT2D eigenvalue weighted by Gasteiger charge is 2.26. The summed E-state index contributed by atoms with van der Waals surface area (Å²) < 4.78 is 27.9. The van der Waals surface area contributed by atoms with E-state index in [2.05, 4.69) is 32.4 Å². The first-order chi connectivity index (χ1) is 9.51. The molecular weight excluding hydrogens is 284 g/mol. The van der Waals surface area contributed by atoms with Crippen molar-refractivity contribution in [1.29, 1.82) is 0 Å². The van der Waals surface area contributed by atoms with Gasteiger partial charge in [-0.05, 0) is 47.9 Å². The molecule has 0 fully saturated rings. The molecular formula is C16H28N2O2S. The van der Waals surface area contributed by atoms with E-state index in [1.807, 2.05) is 19.9 Å². The van der Waals surface area contributed by atoms with Gasteiger partial charge in [0.25, 0.3) is 0 Å². The van der Waals surface area contributed by atoms with Crippen LogP contribution in [-0.4, -0.2) is 15.0 Å². The van der Waals surface area contributed by atoms with Crippen molar-refractivity contribution in [2.24, 2.45) is 17.1 Å². The van der Waals surface area contributed by atoms with E-state index in [0.29, 0.717) is 23.9 Å². The molecule has 0 saturated carbocycles. The lowest BCUT2D eigenvalue weighted by atomic mass is 9.81. The highest BCUT2D eigenvalue weighted by molar-refractivity contribution is 7.89. The lowest BCUT2D eigenvalue weighted by Gasteiger charge is -2.29. The Morgan fingerprint density at radius 2 is 1.81 bits per heavy atom. The van der Waals surface area contributed by atoms with Crippen molar-refractivity contribution in [1.82, 2.24) is 4.72 Å². The summed E-state index contributed by atoms with van der Waals surface area (Å²) in [6.45, 7) is 12.8. The van der Waals surface area contributed by atoms with E-state index in [1.54, 1.807) is 6.07 Å². The van der Waals surface area contributed by atoms with Crippen LogP contribution in [0.5, 0.6) is 0 Å². The molecule has 1 aromatic rings. The van der Waals surface area contributed by atoms with Gasteiger partial charge in [-0.1, -0.05) is 33.8 Å². The van der Waals surface area contributed by atoms with Crippen molar-refractivity contribution in [2.75, 3.05) is 6.54 Å². The van der Waals surface area contributed by atoms with E-state index in [-0.39, 0.29) is 5.41 Å². The van der Waals surface area contributed by atoms with Crippen LogP contribution in [-0.2, 0) is 16.6 Å². The molecule has 0 unspecified atom stereocenters. The van der Waals surface area contributed by atoms with Crippen molar-refractivity contribution in [2.45, 2.75) is 53.0 Å². The average molecular weight is 312 g/mol. The number of benzene rings is 1. The number of rotatable bonds is 6. The first-order valence-corrected chi connectivity index (χ1v) is 8.79. The summed E-state index contributed by atoms with van der Waals surface area (Å²) in [6, 6.07) is 3.61. The first kappa shape index (κ1) is 18.1. The highest BCUT2D eigenvalue weighted by Crippen LogP contribution is 2.26. The summed E-state index contributed by atoms with van der Waals surface area (Å²) in [7, 11) is -3.52. The standard InChI is InChI=1S/C16H28N2O2S/c1-11(2)16(5,6)10-18-21(19,20)15-8-14(9-17)7-12(3)13(15)4/h7-8,11,18H,9-10,17H2,1-6H3. The Balaban J connectivity index is 3.12. The van der Waals surface area contributed by atoms with Gasteiger partial charge in [-0.25, -0.2) is 13.1 Å². The van der Waals surface area contributed by atoms with Crippen LogP contribution < -0.4 is 10.5 Å². The predicted octanol–water partition coefficient (Wildman–Crippen LogP) is 2.72. The third kappa shape index (κ3) is 4.28. The van der Waals surface area contributed by atoms with Crippen molar-refractivity contribution in [3.8, 4) is 0 Å². The van der Waals surface area contributed by atoms with Crippen LogP contribution >= 0.6 is 0 Å². The van der Waals surface area contributed by atoms with Gasteiger partial charge in [-0.15, -0.1) is 0 Å². The third-order valence-electron chi connectivity index (χ3n) is 4.49. The first-order valence-electron chi connectivity index (χ1n) is 7.31. The van der Waals surface area contributed by atoms with E-state index >= 15 is 0 Å². The van der Waals surface area contributed by atoms with Gasteiger partial charge < -0.3 is 5.73 Å². The van der Waals surface area contributed by atoms with Crippen LogP contribution in [0.25, 0.3) is 0 Å². The summed E-state index contributed by atoms with van der Waals surface area (Å²) in [6.07, 6.45) is 0. The normalized spacial score (nSPS) is 13.0. The van der Waals surface area contributed by atoms with E-state index in [9.17, 15) is 8.42 Å². The number of nitrogens with one attached hydrogen (secondary N) is 1. The largest absolute Gasteiger partial charge is 0.326 e. The van der Waals surface area contributed by atoms with Crippen LogP contribution in [0.3, 0.4) is 0 Å². The molecule has 0 aliphatic carbocycles. The minimum atomic E-state index is -3.52. The molecule has 0 saturated heterocycles. The summed E-state index contributed by atoms with van der Waals surface area (Å²) in [4.78, 5) is 0.336. The highest BCUT2D eigenvalue weighted by atomic mass is 32.2. The Morgan fingerprint density at radius 3 is 2.29 bits per heavy atom. The molecule has 0 heterocycles. The number of hydrogen-bond donors (Lipinski definition) is 2. The molecule has 0 aliphatic heterocycles. The molecule has 0 aliphatic rings. The zero-order chi connectivity index (χ0) is 16.4. The molecule has 1 rings (SSSR count). The summed E-state index contributed by atoms with van der Waals surface area (Å²) >= 11 is 0. The van der Waals surface area contributed by atoms with Crippen molar-refractivity contribution in [3.63, 3.8) is 0 Å². The van der Waals surface area contributed by atoms with Gasteiger partial charge in [0.1, 0.15) is 0 Å². The van der Waals surface area contributed by atoms with Crippen molar-refractivity contribution >= 4 is 10.0 Å². The average Bonchev–Trinajstić information content (AvgIpc) is 2.39. The van der Waals surface area contributed by atoms with Gasteiger partial charge in [-0.3, -0.25) is 0 Å². The smallest absolute Gasteiger partial charge is 0.240 e. The SMILES string of the molecule is Cc1cc(CN)cc(S(=O)(=O)NCC(C)(C)C(C)C)c1C. The van der Waals surface area contributed by atoms with Gasteiger partial charge in [0, 0.05) is 13.1 Å². The zero-order valence-electron chi connectivity index (χ0n) is 13.9. The second kappa shape index (κ2) is 6.46. The Labute approximate surface area is 129 Å². The third-order valence-corrected chi connectivity index (χ3v) is 6.01. The quantitative estimate of drug-likeness (QED) is 0.848. The summed E-state index contributed by atoms with van der Waals surface area (Å²) in [5.41, 5.74) is 8.11. The minimum Gasteiger partial charge on any atom is -0.326 e. The molecule has 5 heteroatoms. The van der Waals surface area contributed by atoms with Gasteiger partial charge >= 0.3 is 0 Å². The number of hydrogen-bond acceptors (Lipinski definition) is 3. The lowest BCUT2D eigenvalue weighted by molar-refractivity contribution is 0.252. The van der Waals surface area contributed by atoms with Crippen molar-refractivity contribution in [3.05, 3.63) is 28.8 Å². The minimum absolute atomic E-state index is 0.0957. The molecule has 120 valence electrons.